The van der Waals surface area contributed by atoms with E-state index in [1.54, 1.807) is 0 Å². The molecule has 1 aromatic carbocycles. The highest BCUT2D eigenvalue weighted by atomic mass is 15.3. The van der Waals surface area contributed by atoms with Crippen LogP contribution in [0.5, 0.6) is 0 Å². The predicted molar refractivity (Wildman–Crippen MR) is 89.6 cm³/mol. The highest BCUT2D eigenvalue weighted by Crippen LogP contribution is 2.15. The Labute approximate surface area is 131 Å². The summed E-state index contributed by atoms with van der Waals surface area (Å²) >= 11 is 0. The molecule has 0 aliphatic heterocycles. The summed E-state index contributed by atoms with van der Waals surface area (Å²) in [7, 11) is 3.88. The Hall–Kier alpha value is -2.37. The molecule has 0 aliphatic carbocycles. The summed E-state index contributed by atoms with van der Waals surface area (Å²) in [5.41, 5.74) is 2.21. The van der Waals surface area contributed by atoms with E-state index < -0.39 is 0 Å². The third kappa shape index (κ3) is 4.31. The Balaban J connectivity index is 1.97. The number of aromatic amines is 1. The van der Waals surface area contributed by atoms with E-state index in [9.17, 15) is 0 Å². The highest BCUT2D eigenvalue weighted by Gasteiger charge is 2.06. The van der Waals surface area contributed by atoms with Crippen LogP contribution in [0, 0.1) is 0 Å². The lowest BCUT2D eigenvalue weighted by atomic mass is 10.1. The average Bonchev–Trinajstić information content (AvgIpc) is 3.08. The molecule has 1 heterocycles. The number of aliphatic imine (C=N–C) groups is 1. The van der Waals surface area contributed by atoms with Crippen LogP contribution in [0.25, 0.3) is 11.4 Å². The van der Waals surface area contributed by atoms with Crippen LogP contribution >= 0.6 is 0 Å². The number of H-pyrrole nitrogens is 1. The molecule has 0 saturated carbocycles. The number of hydrogen-bond acceptors (Lipinski definition) is 3. The second kappa shape index (κ2) is 8.17. The molecule has 1 aromatic heterocycles. The summed E-state index contributed by atoms with van der Waals surface area (Å²) in [6.07, 6.45) is 3.86. The van der Waals surface area contributed by atoms with Crippen molar-refractivity contribution in [2.24, 2.45) is 4.99 Å². The standard InChI is InChI=1S/C16H24N6/c1-4-5-9-22(3)16(17-2)18-11-13-7-6-8-14(10-13)15-19-12-20-21-15/h6-8,10,12H,4-5,9,11H2,1-3H3,(H,17,18)(H,19,20,21). The van der Waals surface area contributed by atoms with Gasteiger partial charge in [-0.15, -0.1) is 0 Å². The maximum Gasteiger partial charge on any atom is 0.193 e. The second-order valence-corrected chi connectivity index (χ2v) is 5.21. The molecule has 0 atom stereocenters. The number of hydrogen-bond donors (Lipinski definition) is 2. The Morgan fingerprint density at radius 1 is 1.41 bits per heavy atom. The molecule has 0 spiro atoms. The molecule has 6 nitrogen and oxygen atoms in total. The number of aromatic nitrogens is 3. The zero-order valence-corrected chi connectivity index (χ0v) is 13.5. The van der Waals surface area contributed by atoms with E-state index in [2.05, 4.69) is 56.5 Å². The molecular weight excluding hydrogens is 276 g/mol. The SMILES string of the molecule is CCCCN(C)C(=NC)NCc1cccc(-c2ncn[nH]2)c1. The van der Waals surface area contributed by atoms with Gasteiger partial charge >= 0.3 is 0 Å². The minimum absolute atomic E-state index is 0.727. The topological polar surface area (TPSA) is 69.2 Å². The molecule has 0 unspecified atom stereocenters. The highest BCUT2D eigenvalue weighted by molar-refractivity contribution is 5.79. The number of nitrogens with zero attached hydrogens (tertiary/aromatic N) is 4. The van der Waals surface area contributed by atoms with Crippen LogP contribution < -0.4 is 5.32 Å². The first-order valence-corrected chi connectivity index (χ1v) is 7.61. The normalized spacial score (nSPS) is 11.5. The number of guanidine groups is 1. The van der Waals surface area contributed by atoms with Crippen molar-refractivity contribution in [3.63, 3.8) is 0 Å². The maximum atomic E-state index is 4.33. The van der Waals surface area contributed by atoms with Crippen LogP contribution in [0.1, 0.15) is 25.3 Å². The lowest BCUT2D eigenvalue weighted by Gasteiger charge is -2.21. The monoisotopic (exact) mass is 300 g/mol. The molecule has 0 saturated heterocycles. The summed E-state index contributed by atoms with van der Waals surface area (Å²) in [6.45, 7) is 3.93. The lowest BCUT2D eigenvalue weighted by molar-refractivity contribution is 0.464. The van der Waals surface area contributed by atoms with Crippen molar-refractivity contribution in [3.05, 3.63) is 36.2 Å². The Kier molecular flexibility index (Phi) is 5.94. The maximum absolute atomic E-state index is 4.33. The predicted octanol–water partition coefficient (Wildman–Crippen LogP) is 2.28. The summed E-state index contributed by atoms with van der Waals surface area (Å²) in [5, 5.41) is 10.2. The van der Waals surface area contributed by atoms with Gasteiger partial charge in [0.15, 0.2) is 11.8 Å². The van der Waals surface area contributed by atoms with E-state index in [0.29, 0.717) is 0 Å². The first-order valence-electron chi connectivity index (χ1n) is 7.61. The number of unbranched alkanes of at least 4 members (excludes halogenated alkanes) is 1. The minimum Gasteiger partial charge on any atom is -0.352 e. The minimum atomic E-state index is 0.727. The molecule has 0 fully saturated rings. The number of nitrogens with one attached hydrogen (secondary N) is 2. The number of benzene rings is 1. The fourth-order valence-corrected chi connectivity index (χ4v) is 2.24. The molecule has 0 bridgehead atoms. The van der Waals surface area contributed by atoms with Crippen LogP contribution in [0.15, 0.2) is 35.6 Å². The fourth-order valence-electron chi connectivity index (χ4n) is 2.24. The Morgan fingerprint density at radius 2 is 2.27 bits per heavy atom. The molecule has 0 aliphatic rings. The van der Waals surface area contributed by atoms with Crippen molar-refractivity contribution in [2.75, 3.05) is 20.6 Å². The summed E-state index contributed by atoms with van der Waals surface area (Å²) < 4.78 is 0. The van der Waals surface area contributed by atoms with E-state index in [0.717, 1.165) is 36.9 Å². The van der Waals surface area contributed by atoms with Gasteiger partial charge in [0.2, 0.25) is 0 Å². The van der Waals surface area contributed by atoms with E-state index in [-0.39, 0.29) is 0 Å². The van der Waals surface area contributed by atoms with E-state index >= 15 is 0 Å². The van der Waals surface area contributed by atoms with Gasteiger partial charge < -0.3 is 10.2 Å². The molecule has 118 valence electrons. The van der Waals surface area contributed by atoms with Gasteiger partial charge in [-0.3, -0.25) is 10.1 Å². The van der Waals surface area contributed by atoms with E-state index in [4.69, 9.17) is 0 Å². The van der Waals surface area contributed by atoms with E-state index in [1.165, 1.54) is 18.3 Å². The van der Waals surface area contributed by atoms with Crippen LogP contribution in [-0.4, -0.2) is 46.7 Å². The largest absolute Gasteiger partial charge is 0.352 e. The van der Waals surface area contributed by atoms with Gasteiger partial charge in [-0.05, 0) is 18.1 Å². The summed E-state index contributed by atoms with van der Waals surface area (Å²) in [4.78, 5) is 10.7. The van der Waals surface area contributed by atoms with Crippen molar-refractivity contribution in [1.29, 1.82) is 0 Å². The van der Waals surface area contributed by atoms with Crippen molar-refractivity contribution in [3.8, 4) is 11.4 Å². The van der Waals surface area contributed by atoms with Gasteiger partial charge in [-0.25, -0.2) is 4.98 Å². The molecule has 2 aromatic rings. The molecule has 22 heavy (non-hydrogen) atoms. The van der Waals surface area contributed by atoms with Gasteiger partial charge in [0.1, 0.15) is 6.33 Å². The van der Waals surface area contributed by atoms with Crippen molar-refractivity contribution < 1.29 is 0 Å². The zero-order chi connectivity index (χ0) is 15.8. The van der Waals surface area contributed by atoms with Crippen LogP contribution in [0.4, 0.5) is 0 Å². The summed E-state index contributed by atoms with van der Waals surface area (Å²) in [5.74, 6) is 1.70. The molecular formula is C16H24N6. The molecule has 0 radical (unpaired) electrons. The van der Waals surface area contributed by atoms with Gasteiger partial charge in [-0.2, -0.15) is 5.10 Å². The van der Waals surface area contributed by atoms with Crippen molar-refractivity contribution in [2.45, 2.75) is 26.3 Å². The van der Waals surface area contributed by atoms with Crippen molar-refractivity contribution >= 4 is 5.96 Å². The van der Waals surface area contributed by atoms with Crippen molar-refractivity contribution in [1.82, 2.24) is 25.4 Å². The third-order valence-electron chi connectivity index (χ3n) is 3.49. The fraction of sp³-hybridized carbons (Fsp3) is 0.438. The third-order valence-corrected chi connectivity index (χ3v) is 3.49. The molecule has 6 heteroatoms. The molecule has 2 N–H and O–H groups in total. The van der Waals surface area contributed by atoms with Gasteiger partial charge in [-0.1, -0.05) is 31.5 Å². The molecule has 2 rings (SSSR count). The zero-order valence-electron chi connectivity index (χ0n) is 13.5. The van der Waals surface area contributed by atoms with Crippen LogP contribution in [0.2, 0.25) is 0 Å². The van der Waals surface area contributed by atoms with E-state index in [1.807, 2.05) is 19.2 Å². The first-order chi connectivity index (χ1) is 10.7. The lowest BCUT2D eigenvalue weighted by Crippen LogP contribution is -2.38. The smallest absolute Gasteiger partial charge is 0.193 e. The summed E-state index contributed by atoms with van der Waals surface area (Å²) in [6, 6.07) is 8.24. The van der Waals surface area contributed by atoms with Crippen LogP contribution in [0.3, 0.4) is 0 Å². The van der Waals surface area contributed by atoms with Gasteiger partial charge in [0.05, 0.1) is 0 Å². The number of rotatable bonds is 6. The van der Waals surface area contributed by atoms with Crippen LogP contribution in [-0.2, 0) is 6.54 Å². The Bertz CT molecular complexity index is 590. The Morgan fingerprint density at radius 3 is 2.95 bits per heavy atom. The van der Waals surface area contributed by atoms with Gasteiger partial charge in [0.25, 0.3) is 0 Å². The second-order valence-electron chi connectivity index (χ2n) is 5.21. The first kappa shape index (κ1) is 16.0. The average molecular weight is 300 g/mol. The quantitative estimate of drug-likeness (QED) is 0.634. The molecule has 0 amide bonds. The van der Waals surface area contributed by atoms with Gasteiger partial charge in [0, 0.05) is 32.7 Å².